The molecule has 0 heterocycles. The van der Waals surface area contributed by atoms with Crippen LogP contribution in [0.1, 0.15) is 30.7 Å². The van der Waals surface area contributed by atoms with Crippen LogP contribution in [-0.4, -0.2) is 18.3 Å². The molecule has 0 radical (unpaired) electrons. The van der Waals surface area contributed by atoms with Crippen LogP contribution in [0.3, 0.4) is 0 Å². The summed E-state index contributed by atoms with van der Waals surface area (Å²) in [5.74, 6) is 1.00. The Morgan fingerprint density at radius 2 is 2.20 bits per heavy atom. The fraction of sp³-hybridized carbons (Fsp3) is 0.500. The van der Waals surface area contributed by atoms with Gasteiger partial charge >= 0.3 is 0 Å². The Bertz CT molecular complexity index is 351. The molecule has 82 valence electrons. The van der Waals surface area contributed by atoms with Crippen molar-refractivity contribution in [3.63, 3.8) is 0 Å². The minimum absolute atomic E-state index is 0.179. The monoisotopic (exact) mass is 226 g/mol. The largest absolute Gasteiger partial charge is 0.496 e. The molecule has 0 saturated heterocycles. The van der Waals surface area contributed by atoms with E-state index in [1.165, 1.54) is 0 Å². The Hall–Kier alpha value is -0.730. The minimum atomic E-state index is -0.252. The lowest BCUT2D eigenvalue weighted by molar-refractivity contribution is 0.162. The van der Waals surface area contributed by atoms with Crippen molar-refractivity contribution < 1.29 is 9.84 Å². The highest BCUT2D eigenvalue weighted by Gasteiger charge is 2.29. The van der Waals surface area contributed by atoms with Gasteiger partial charge in [-0.25, -0.2) is 0 Å². The predicted octanol–water partition coefficient (Wildman–Crippen LogP) is 2.98. The number of aliphatic hydroxyl groups is 1. The highest BCUT2D eigenvalue weighted by molar-refractivity contribution is 6.30. The lowest BCUT2D eigenvalue weighted by atomic mass is 9.95. The van der Waals surface area contributed by atoms with Crippen molar-refractivity contribution in [3.05, 3.63) is 28.8 Å². The molecule has 1 aliphatic rings. The summed E-state index contributed by atoms with van der Waals surface area (Å²) in [6.07, 6.45) is 2.71. The van der Waals surface area contributed by atoms with Gasteiger partial charge in [-0.05, 0) is 31.0 Å². The Balaban J connectivity index is 2.36. The van der Waals surface area contributed by atoms with E-state index in [0.29, 0.717) is 5.02 Å². The number of halogens is 1. The van der Waals surface area contributed by atoms with Gasteiger partial charge in [-0.3, -0.25) is 0 Å². The van der Waals surface area contributed by atoms with E-state index in [1.54, 1.807) is 7.11 Å². The lowest BCUT2D eigenvalue weighted by Gasteiger charge is -2.18. The van der Waals surface area contributed by atoms with E-state index < -0.39 is 0 Å². The van der Waals surface area contributed by atoms with Crippen LogP contribution >= 0.6 is 11.6 Å². The topological polar surface area (TPSA) is 29.5 Å². The van der Waals surface area contributed by atoms with Gasteiger partial charge in [0, 0.05) is 16.5 Å². The zero-order chi connectivity index (χ0) is 10.8. The Morgan fingerprint density at radius 1 is 1.40 bits per heavy atom. The molecule has 0 amide bonds. The second-order valence-electron chi connectivity index (χ2n) is 3.99. The first kappa shape index (κ1) is 10.8. The number of ether oxygens (including phenoxy) is 1. The first-order valence-electron chi connectivity index (χ1n) is 5.24. The quantitative estimate of drug-likeness (QED) is 0.840. The summed E-state index contributed by atoms with van der Waals surface area (Å²) >= 11 is 5.96. The van der Waals surface area contributed by atoms with Gasteiger partial charge < -0.3 is 9.84 Å². The average Bonchev–Trinajstić information content (AvgIpc) is 2.64. The van der Waals surface area contributed by atoms with E-state index in [9.17, 15) is 5.11 Å². The third-order valence-corrected chi connectivity index (χ3v) is 3.31. The van der Waals surface area contributed by atoms with E-state index >= 15 is 0 Å². The summed E-state index contributed by atoms with van der Waals surface area (Å²) in [5, 5.41) is 10.6. The number of rotatable bonds is 2. The standard InChI is InChI=1S/C12H15ClO2/c1-15-12-6-5-8(13)7-10(12)9-3-2-4-11(9)14/h5-7,9,11,14H,2-4H2,1H3/t9-,11+/m1/s1. The van der Waals surface area contributed by atoms with Crippen molar-refractivity contribution in [2.75, 3.05) is 7.11 Å². The molecule has 1 aliphatic carbocycles. The van der Waals surface area contributed by atoms with Gasteiger partial charge in [0.25, 0.3) is 0 Å². The van der Waals surface area contributed by atoms with E-state index in [2.05, 4.69) is 0 Å². The molecule has 0 spiro atoms. The summed E-state index contributed by atoms with van der Waals surface area (Å²) < 4.78 is 5.29. The van der Waals surface area contributed by atoms with Crippen molar-refractivity contribution in [2.45, 2.75) is 31.3 Å². The summed E-state index contributed by atoms with van der Waals surface area (Å²) in [6, 6.07) is 5.58. The molecular weight excluding hydrogens is 212 g/mol. The number of hydrogen-bond donors (Lipinski definition) is 1. The zero-order valence-electron chi connectivity index (χ0n) is 8.74. The Morgan fingerprint density at radius 3 is 2.80 bits per heavy atom. The molecule has 2 atom stereocenters. The first-order valence-corrected chi connectivity index (χ1v) is 5.61. The second-order valence-corrected chi connectivity index (χ2v) is 4.43. The van der Waals surface area contributed by atoms with Gasteiger partial charge in [-0.15, -0.1) is 0 Å². The van der Waals surface area contributed by atoms with Crippen LogP contribution in [0.2, 0.25) is 5.02 Å². The van der Waals surface area contributed by atoms with Crippen LogP contribution in [-0.2, 0) is 0 Å². The number of benzene rings is 1. The van der Waals surface area contributed by atoms with Gasteiger partial charge in [0.05, 0.1) is 13.2 Å². The second kappa shape index (κ2) is 4.42. The van der Waals surface area contributed by atoms with Crippen molar-refractivity contribution in [3.8, 4) is 5.75 Å². The molecule has 1 aromatic carbocycles. The highest BCUT2D eigenvalue weighted by Crippen LogP contribution is 2.39. The molecule has 1 N–H and O–H groups in total. The van der Waals surface area contributed by atoms with E-state index in [0.717, 1.165) is 30.6 Å². The summed E-state index contributed by atoms with van der Waals surface area (Å²) in [7, 11) is 1.65. The fourth-order valence-electron chi connectivity index (χ4n) is 2.30. The molecule has 1 saturated carbocycles. The maximum atomic E-state index is 9.85. The molecule has 1 fully saturated rings. The Labute approximate surface area is 94.8 Å². The smallest absolute Gasteiger partial charge is 0.122 e. The van der Waals surface area contributed by atoms with Crippen LogP contribution in [0.25, 0.3) is 0 Å². The molecular formula is C12H15ClO2. The fourth-order valence-corrected chi connectivity index (χ4v) is 2.48. The van der Waals surface area contributed by atoms with Crippen LogP contribution in [0, 0.1) is 0 Å². The predicted molar refractivity (Wildman–Crippen MR) is 60.6 cm³/mol. The maximum Gasteiger partial charge on any atom is 0.122 e. The van der Waals surface area contributed by atoms with Gasteiger partial charge in [-0.2, -0.15) is 0 Å². The molecule has 0 aromatic heterocycles. The van der Waals surface area contributed by atoms with E-state index in [1.807, 2.05) is 18.2 Å². The van der Waals surface area contributed by atoms with Crippen molar-refractivity contribution in [1.29, 1.82) is 0 Å². The summed E-state index contributed by atoms with van der Waals surface area (Å²) in [4.78, 5) is 0. The van der Waals surface area contributed by atoms with Crippen LogP contribution in [0.4, 0.5) is 0 Å². The van der Waals surface area contributed by atoms with Crippen LogP contribution in [0.5, 0.6) is 5.75 Å². The summed E-state index contributed by atoms with van der Waals surface area (Å²) in [6.45, 7) is 0. The number of aliphatic hydroxyl groups excluding tert-OH is 1. The van der Waals surface area contributed by atoms with E-state index in [-0.39, 0.29) is 12.0 Å². The van der Waals surface area contributed by atoms with Gasteiger partial charge in [-0.1, -0.05) is 18.0 Å². The maximum absolute atomic E-state index is 9.85. The molecule has 3 heteroatoms. The number of methoxy groups -OCH3 is 1. The molecule has 2 rings (SSSR count). The first-order chi connectivity index (χ1) is 7.22. The zero-order valence-corrected chi connectivity index (χ0v) is 9.50. The third-order valence-electron chi connectivity index (χ3n) is 3.07. The Kier molecular flexibility index (Phi) is 3.17. The molecule has 2 nitrogen and oxygen atoms in total. The SMILES string of the molecule is COc1ccc(Cl)cc1[C@H]1CCC[C@@H]1O. The van der Waals surface area contributed by atoms with Crippen molar-refractivity contribution in [2.24, 2.45) is 0 Å². The third kappa shape index (κ3) is 2.11. The molecule has 1 aromatic rings. The molecule has 0 unspecified atom stereocenters. The van der Waals surface area contributed by atoms with Gasteiger partial charge in [0.15, 0.2) is 0 Å². The highest BCUT2D eigenvalue weighted by atomic mass is 35.5. The normalized spacial score (nSPS) is 25.5. The molecule has 0 aliphatic heterocycles. The number of hydrogen-bond acceptors (Lipinski definition) is 2. The lowest BCUT2D eigenvalue weighted by Crippen LogP contribution is -2.12. The average molecular weight is 227 g/mol. The molecule has 15 heavy (non-hydrogen) atoms. The van der Waals surface area contributed by atoms with Crippen molar-refractivity contribution >= 4 is 11.6 Å². The van der Waals surface area contributed by atoms with Crippen LogP contribution < -0.4 is 4.74 Å². The summed E-state index contributed by atoms with van der Waals surface area (Å²) in [5.41, 5.74) is 1.04. The minimum Gasteiger partial charge on any atom is -0.496 e. The van der Waals surface area contributed by atoms with Gasteiger partial charge in [0.2, 0.25) is 0 Å². The van der Waals surface area contributed by atoms with Gasteiger partial charge in [0.1, 0.15) is 5.75 Å². The van der Waals surface area contributed by atoms with Crippen molar-refractivity contribution in [1.82, 2.24) is 0 Å². The molecule has 0 bridgehead atoms. The van der Waals surface area contributed by atoms with Crippen LogP contribution in [0.15, 0.2) is 18.2 Å². The van der Waals surface area contributed by atoms with E-state index in [4.69, 9.17) is 16.3 Å².